The first-order valence-corrected chi connectivity index (χ1v) is 5.61. The fourth-order valence-electron chi connectivity index (χ4n) is 2.41. The van der Waals surface area contributed by atoms with E-state index >= 15 is 0 Å². The number of nitrogens with zero attached hydrogens (tertiary/aromatic N) is 2. The highest BCUT2D eigenvalue weighted by atomic mass is 19.1. The lowest BCUT2D eigenvalue weighted by molar-refractivity contribution is 0.583. The van der Waals surface area contributed by atoms with Gasteiger partial charge in [-0.1, -0.05) is 6.07 Å². The monoisotopic (exact) mass is 219 g/mol. The van der Waals surface area contributed by atoms with Crippen molar-refractivity contribution in [3.63, 3.8) is 0 Å². The van der Waals surface area contributed by atoms with E-state index in [1.165, 1.54) is 6.07 Å². The van der Waals surface area contributed by atoms with Crippen molar-refractivity contribution in [2.24, 2.45) is 7.05 Å². The van der Waals surface area contributed by atoms with Gasteiger partial charge < -0.3 is 9.88 Å². The number of aromatic nitrogens is 2. The molecule has 2 heterocycles. The highest BCUT2D eigenvalue weighted by Crippen LogP contribution is 2.26. The van der Waals surface area contributed by atoms with Crippen LogP contribution in [0.3, 0.4) is 0 Å². The lowest BCUT2D eigenvalue weighted by Gasteiger charge is -2.09. The largest absolute Gasteiger partial charge is 0.330 e. The second-order valence-electron chi connectivity index (χ2n) is 4.29. The van der Waals surface area contributed by atoms with Crippen LogP contribution in [-0.2, 0) is 7.05 Å². The zero-order chi connectivity index (χ0) is 11.1. The fraction of sp³-hybridized carbons (Fsp3) is 0.417. The Bertz CT molecular complexity index is 526. The standard InChI is InChI=1S/C12H14FN3/c1-16-10-6-2-4-8(13)11(10)15-12(16)9-5-3-7-14-9/h2,4,6,9,14H,3,5,7H2,1H3. The third kappa shape index (κ3) is 1.33. The molecule has 1 aromatic heterocycles. The van der Waals surface area contributed by atoms with Gasteiger partial charge in [-0.3, -0.25) is 0 Å². The molecule has 1 atom stereocenters. The maximum absolute atomic E-state index is 13.6. The summed E-state index contributed by atoms with van der Waals surface area (Å²) in [4.78, 5) is 4.42. The van der Waals surface area contributed by atoms with Crippen LogP contribution in [0.2, 0.25) is 0 Å². The Hall–Kier alpha value is -1.42. The number of imidazole rings is 1. The molecule has 1 fully saturated rings. The minimum absolute atomic E-state index is 0.239. The fourth-order valence-corrected chi connectivity index (χ4v) is 2.41. The van der Waals surface area contributed by atoms with E-state index in [1.807, 2.05) is 17.7 Å². The molecule has 1 aromatic carbocycles. The van der Waals surface area contributed by atoms with E-state index < -0.39 is 0 Å². The van der Waals surface area contributed by atoms with E-state index in [4.69, 9.17) is 0 Å². The van der Waals surface area contributed by atoms with E-state index in [0.29, 0.717) is 5.52 Å². The molecule has 1 unspecified atom stereocenters. The summed E-state index contributed by atoms with van der Waals surface area (Å²) in [6.45, 7) is 1.02. The molecule has 0 bridgehead atoms. The van der Waals surface area contributed by atoms with Gasteiger partial charge in [-0.05, 0) is 31.5 Å². The quantitative estimate of drug-likeness (QED) is 0.796. The number of para-hydroxylation sites is 1. The lowest BCUT2D eigenvalue weighted by atomic mass is 10.2. The summed E-state index contributed by atoms with van der Waals surface area (Å²) < 4.78 is 15.6. The summed E-state index contributed by atoms with van der Waals surface area (Å²) in [5, 5.41) is 3.39. The van der Waals surface area contributed by atoms with Gasteiger partial charge in [-0.2, -0.15) is 0 Å². The molecule has 4 heteroatoms. The van der Waals surface area contributed by atoms with Gasteiger partial charge in [0.15, 0.2) is 5.82 Å². The Balaban J connectivity index is 2.18. The number of fused-ring (bicyclic) bond motifs is 1. The Morgan fingerprint density at radius 3 is 3.06 bits per heavy atom. The Morgan fingerprint density at radius 1 is 1.50 bits per heavy atom. The molecule has 84 valence electrons. The normalized spacial score (nSPS) is 20.8. The molecule has 1 aliphatic heterocycles. The highest BCUT2D eigenvalue weighted by molar-refractivity contribution is 5.76. The lowest BCUT2D eigenvalue weighted by Crippen LogP contribution is -2.16. The van der Waals surface area contributed by atoms with Gasteiger partial charge in [0.05, 0.1) is 11.6 Å². The minimum Gasteiger partial charge on any atom is -0.330 e. The maximum Gasteiger partial charge on any atom is 0.151 e. The van der Waals surface area contributed by atoms with Crippen LogP contribution in [-0.4, -0.2) is 16.1 Å². The zero-order valence-corrected chi connectivity index (χ0v) is 9.20. The summed E-state index contributed by atoms with van der Waals surface area (Å²) in [5.74, 6) is 0.704. The van der Waals surface area contributed by atoms with Crippen LogP contribution in [0.25, 0.3) is 11.0 Å². The van der Waals surface area contributed by atoms with Crippen LogP contribution in [0.1, 0.15) is 24.7 Å². The number of hydrogen-bond donors (Lipinski definition) is 1. The van der Waals surface area contributed by atoms with Gasteiger partial charge in [0.25, 0.3) is 0 Å². The SMILES string of the molecule is Cn1c(C2CCCN2)nc2c(F)cccc21. The molecular weight excluding hydrogens is 205 g/mol. The van der Waals surface area contributed by atoms with Crippen LogP contribution >= 0.6 is 0 Å². The topological polar surface area (TPSA) is 29.9 Å². The van der Waals surface area contributed by atoms with Gasteiger partial charge in [-0.15, -0.1) is 0 Å². The van der Waals surface area contributed by atoms with Crippen molar-refractivity contribution < 1.29 is 4.39 Å². The molecule has 0 radical (unpaired) electrons. The predicted octanol–water partition coefficient (Wildman–Crippen LogP) is 2.14. The molecule has 1 N–H and O–H groups in total. The van der Waals surface area contributed by atoms with E-state index in [-0.39, 0.29) is 11.9 Å². The van der Waals surface area contributed by atoms with Gasteiger partial charge >= 0.3 is 0 Å². The molecule has 0 saturated carbocycles. The molecule has 2 aromatic rings. The summed E-state index contributed by atoms with van der Waals surface area (Å²) >= 11 is 0. The van der Waals surface area contributed by atoms with Crippen molar-refractivity contribution in [1.29, 1.82) is 0 Å². The molecule has 1 saturated heterocycles. The number of halogens is 1. The maximum atomic E-state index is 13.6. The third-order valence-corrected chi connectivity index (χ3v) is 3.27. The van der Waals surface area contributed by atoms with Crippen LogP contribution in [0.4, 0.5) is 4.39 Å². The summed E-state index contributed by atoms with van der Waals surface area (Å²) in [6, 6.07) is 5.37. The van der Waals surface area contributed by atoms with E-state index in [9.17, 15) is 4.39 Å². The second kappa shape index (κ2) is 3.56. The zero-order valence-electron chi connectivity index (χ0n) is 9.20. The number of benzene rings is 1. The Kier molecular flexibility index (Phi) is 2.17. The van der Waals surface area contributed by atoms with Crippen LogP contribution in [0.15, 0.2) is 18.2 Å². The first-order chi connectivity index (χ1) is 7.77. The first kappa shape index (κ1) is 9.78. The number of hydrogen-bond acceptors (Lipinski definition) is 2. The molecule has 16 heavy (non-hydrogen) atoms. The molecule has 0 spiro atoms. The van der Waals surface area contributed by atoms with Crippen molar-refractivity contribution in [1.82, 2.24) is 14.9 Å². The molecule has 0 aliphatic carbocycles. The third-order valence-electron chi connectivity index (χ3n) is 3.27. The minimum atomic E-state index is -0.239. The van der Waals surface area contributed by atoms with Gasteiger partial charge in [0, 0.05) is 7.05 Å². The van der Waals surface area contributed by atoms with Crippen molar-refractivity contribution in [3.05, 3.63) is 29.8 Å². The average molecular weight is 219 g/mol. The van der Waals surface area contributed by atoms with Crippen LogP contribution < -0.4 is 5.32 Å². The molecule has 1 aliphatic rings. The van der Waals surface area contributed by atoms with Crippen molar-refractivity contribution >= 4 is 11.0 Å². The van der Waals surface area contributed by atoms with E-state index in [2.05, 4.69) is 10.3 Å². The molecule has 3 nitrogen and oxygen atoms in total. The number of rotatable bonds is 1. The Morgan fingerprint density at radius 2 is 2.38 bits per heavy atom. The number of aryl methyl sites for hydroxylation is 1. The molecule has 0 amide bonds. The van der Waals surface area contributed by atoms with Gasteiger partial charge in [0.2, 0.25) is 0 Å². The number of nitrogens with one attached hydrogen (secondary N) is 1. The summed E-state index contributed by atoms with van der Waals surface area (Å²) in [7, 11) is 1.95. The molecular formula is C12H14FN3. The van der Waals surface area contributed by atoms with Gasteiger partial charge in [0.1, 0.15) is 11.3 Å². The first-order valence-electron chi connectivity index (χ1n) is 5.61. The average Bonchev–Trinajstić information content (AvgIpc) is 2.88. The van der Waals surface area contributed by atoms with Crippen LogP contribution in [0.5, 0.6) is 0 Å². The van der Waals surface area contributed by atoms with Crippen molar-refractivity contribution in [3.8, 4) is 0 Å². The predicted molar refractivity (Wildman–Crippen MR) is 60.6 cm³/mol. The summed E-state index contributed by atoms with van der Waals surface area (Å²) in [5.41, 5.74) is 1.34. The van der Waals surface area contributed by atoms with Crippen molar-refractivity contribution in [2.45, 2.75) is 18.9 Å². The van der Waals surface area contributed by atoms with E-state index in [0.717, 1.165) is 30.7 Å². The second-order valence-corrected chi connectivity index (χ2v) is 4.29. The Labute approximate surface area is 93.3 Å². The van der Waals surface area contributed by atoms with Crippen LogP contribution in [0, 0.1) is 5.82 Å². The van der Waals surface area contributed by atoms with Crippen molar-refractivity contribution in [2.75, 3.05) is 6.54 Å². The smallest absolute Gasteiger partial charge is 0.151 e. The highest BCUT2D eigenvalue weighted by Gasteiger charge is 2.22. The van der Waals surface area contributed by atoms with E-state index in [1.54, 1.807) is 6.07 Å². The summed E-state index contributed by atoms with van der Waals surface area (Å²) in [6.07, 6.45) is 2.25. The van der Waals surface area contributed by atoms with Gasteiger partial charge in [-0.25, -0.2) is 9.37 Å². The molecule has 3 rings (SSSR count).